The molecule has 1 heterocycles. The van der Waals surface area contributed by atoms with Crippen molar-refractivity contribution >= 4 is 41.2 Å². The van der Waals surface area contributed by atoms with Crippen LogP contribution in [0.1, 0.15) is 58.4 Å². The number of rotatable bonds is 10. The van der Waals surface area contributed by atoms with E-state index in [1.54, 1.807) is 62.1 Å². The first-order valence-electron chi connectivity index (χ1n) is 13.9. The van der Waals surface area contributed by atoms with E-state index in [0.29, 0.717) is 24.2 Å². The fourth-order valence-electron chi connectivity index (χ4n) is 5.70. The molecule has 41 heavy (non-hydrogen) atoms. The third-order valence-corrected chi connectivity index (χ3v) is 7.63. The molecule has 218 valence electrons. The van der Waals surface area contributed by atoms with Gasteiger partial charge in [-0.2, -0.15) is 0 Å². The number of carbonyl (C=O) groups excluding carboxylic acids is 4. The van der Waals surface area contributed by atoms with E-state index in [-0.39, 0.29) is 30.8 Å². The van der Waals surface area contributed by atoms with E-state index in [4.69, 9.17) is 5.11 Å². The molecule has 11 heteroatoms. The third-order valence-electron chi connectivity index (χ3n) is 7.63. The number of nitrogens with zero attached hydrogens (tertiary/aromatic N) is 2. The molecule has 1 spiro atoms. The van der Waals surface area contributed by atoms with Gasteiger partial charge in [-0.25, -0.2) is 14.5 Å². The van der Waals surface area contributed by atoms with Gasteiger partial charge in [-0.05, 0) is 55.5 Å². The second-order valence-electron chi connectivity index (χ2n) is 11.1. The van der Waals surface area contributed by atoms with Crippen LogP contribution in [0.2, 0.25) is 0 Å². The number of imide groups is 1. The highest BCUT2D eigenvalue weighted by molar-refractivity contribution is 6.10. The summed E-state index contributed by atoms with van der Waals surface area (Å²) in [5.41, 5.74) is 0.975. The van der Waals surface area contributed by atoms with Gasteiger partial charge in [-0.15, -0.1) is 0 Å². The first kappa shape index (κ1) is 29.6. The van der Waals surface area contributed by atoms with Crippen molar-refractivity contribution in [1.29, 1.82) is 0 Å². The van der Waals surface area contributed by atoms with Crippen LogP contribution in [0.4, 0.5) is 21.0 Å². The van der Waals surface area contributed by atoms with Gasteiger partial charge in [0.05, 0.1) is 6.42 Å². The number of hydrogen-bond donors (Lipinski definition) is 4. The molecule has 4 N–H and O–H groups in total. The summed E-state index contributed by atoms with van der Waals surface area (Å²) in [7, 11) is 0. The lowest BCUT2D eigenvalue weighted by molar-refractivity contribution is -0.141. The Morgan fingerprint density at radius 2 is 1.49 bits per heavy atom. The Labute approximate surface area is 239 Å². The zero-order chi connectivity index (χ0) is 29.7. The highest BCUT2D eigenvalue weighted by Crippen LogP contribution is 2.44. The van der Waals surface area contributed by atoms with Crippen LogP contribution in [0.25, 0.3) is 0 Å². The second-order valence-corrected chi connectivity index (χ2v) is 11.1. The average molecular weight is 564 g/mol. The lowest BCUT2D eigenvalue weighted by atomic mass is 9.93. The van der Waals surface area contributed by atoms with Crippen molar-refractivity contribution < 1.29 is 29.1 Å². The minimum absolute atomic E-state index is 0.166. The first-order valence-corrected chi connectivity index (χ1v) is 13.9. The van der Waals surface area contributed by atoms with Crippen LogP contribution in [0.5, 0.6) is 0 Å². The summed E-state index contributed by atoms with van der Waals surface area (Å²) < 4.78 is 0. The third kappa shape index (κ3) is 6.50. The highest BCUT2D eigenvalue weighted by Gasteiger charge is 2.60. The standard InChI is InChI=1S/C30H37N5O6/c1-19(2)25(26(38)31-20(3)17-24(36)37)35-27(39)30(15-7-8-16-30)34(29(35)41)18-21-11-13-23(14-12-21)33-28(40)32-22-9-5-4-6-10-22/h4-6,9-14,19-20,25H,7-8,15-18H2,1-3H3,(H,31,38)(H,36,37)(H2,32,33,40)/t20-,25+/m1/s1. The molecule has 2 fully saturated rings. The van der Waals surface area contributed by atoms with E-state index < -0.39 is 35.5 Å². The van der Waals surface area contributed by atoms with Crippen LogP contribution < -0.4 is 16.0 Å². The van der Waals surface area contributed by atoms with Crippen LogP contribution in [0.15, 0.2) is 54.6 Å². The molecule has 1 aliphatic heterocycles. The molecular weight excluding hydrogens is 526 g/mol. The van der Waals surface area contributed by atoms with E-state index in [1.165, 1.54) is 0 Å². The van der Waals surface area contributed by atoms with Crippen LogP contribution in [0, 0.1) is 5.92 Å². The second kappa shape index (κ2) is 12.4. The van der Waals surface area contributed by atoms with Crippen LogP contribution in [-0.2, 0) is 20.9 Å². The summed E-state index contributed by atoms with van der Waals surface area (Å²) in [5, 5.41) is 17.3. The molecule has 2 aromatic carbocycles. The smallest absolute Gasteiger partial charge is 0.328 e. The molecule has 4 rings (SSSR count). The Morgan fingerprint density at radius 1 is 0.902 bits per heavy atom. The van der Waals surface area contributed by atoms with Crippen molar-refractivity contribution in [3.05, 3.63) is 60.2 Å². The topological polar surface area (TPSA) is 148 Å². The monoisotopic (exact) mass is 563 g/mol. The molecule has 2 atom stereocenters. The molecule has 1 saturated heterocycles. The largest absolute Gasteiger partial charge is 0.481 e. The minimum Gasteiger partial charge on any atom is -0.481 e. The Bertz CT molecular complexity index is 1290. The predicted molar refractivity (Wildman–Crippen MR) is 153 cm³/mol. The molecular formula is C30H37N5O6. The van der Waals surface area contributed by atoms with Crippen molar-refractivity contribution in [2.24, 2.45) is 5.92 Å². The molecule has 0 aromatic heterocycles. The fourth-order valence-corrected chi connectivity index (χ4v) is 5.70. The maximum atomic E-state index is 13.9. The van der Waals surface area contributed by atoms with Crippen molar-refractivity contribution in [2.75, 3.05) is 10.6 Å². The van der Waals surface area contributed by atoms with Gasteiger partial charge in [-0.3, -0.25) is 14.4 Å². The van der Waals surface area contributed by atoms with E-state index in [2.05, 4.69) is 16.0 Å². The SMILES string of the molecule is CC(C)[C@@H](C(=O)N[C@H](C)CC(=O)O)N1C(=O)N(Cc2ccc(NC(=O)Nc3ccccc3)cc2)C2(CCCC2)C1=O. The van der Waals surface area contributed by atoms with Crippen molar-refractivity contribution in [3.63, 3.8) is 0 Å². The Kier molecular flexibility index (Phi) is 8.95. The lowest BCUT2D eigenvalue weighted by Gasteiger charge is -2.31. The maximum Gasteiger partial charge on any atom is 0.328 e. The lowest BCUT2D eigenvalue weighted by Crippen LogP contribution is -2.55. The summed E-state index contributed by atoms with van der Waals surface area (Å²) in [6, 6.07) is 13.5. The highest BCUT2D eigenvalue weighted by atomic mass is 16.4. The molecule has 11 nitrogen and oxygen atoms in total. The quantitative estimate of drug-likeness (QED) is 0.315. The van der Waals surface area contributed by atoms with Gasteiger partial charge in [-0.1, -0.05) is 57.0 Å². The van der Waals surface area contributed by atoms with Gasteiger partial charge in [0.2, 0.25) is 5.91 Å². The summed E-state index contributed by atoms with van der Waals surface area (Å²) in [5.74, 6) is -2.36. The summed E-state index contributed by atoms with van der Waals surface area (Å²) in [6.45, 7) is 5.26. The van der Waals surface area contributed by atoms with Gasteiger partial charge in [0.15, 0.2) is 0 Å². The van der Waals surface area contributed by atoms with E-state index in [9.17, 15) is 24.0 Å². The van der Waals surface area contributed by atoms with E-state index in [1.807, 2.05) is 18.2 Å². The van der Waals surface area contributed by atoms with E-state index in [0.717, 1.165) is 23.3 Å². The van der Waals surface area contributed by atoms with Gasteiger partial charge in [0, 0.05) is 24.0 Å². The zero-order valence-electron chi connectivity index (χ0n) is 23.6. The molecule has 0 unspecified atom stereocenters. The number of aliphatic carboxylic acids is 1. The molecule has 0 radical (unpaired) electrons. The molecule has 2 aliphatic rings. The molecule has 6 amide bonds. The van der Waals surface area contributed by atoms with Crippen molar-refractivity contribution in [3.8, 4) is 0 Å². The number of benzene rings is 2. The van der Waals surface area contributed by atoms with Gasteiger partial charge in [0.1, 0.15) is 11.6 Å². The number of carboxylic acid groups (broad SMARTS) is 1. The van der Waals surface area contributed by atoms with Gasteiger partial charge < -0.3 is 26.0 Å². The van der Waals surface area contributed by atoms with Crippen molar-refractivity contribution in [2.45, 2.75) is 77.0 Å². The number of hydrogen-bond acceptors (Lipinski definition) is 5. The first-order chi connectivity index (χ1) is 19.5. The number of carbonyl (C=O) groups is 5. The number of nitrogens with one attached hydrogen (secondary N) is 3. The number of carboxylic acids is 1. The van der Waals surface area contributed by atoms with Gasteiger partial charge in [0.25, 0.3) is 5.91 Å². The number of anilines is 2. The number of amides is 6. The molecule has 1 aliphatic carbocycles. The summed E-state index contributed by atoms with van der Waals surface area (Å²) in [4.78, 5) is 67.1. The molecule has 0 bridgehead atoms. The molecule has 2 aromatic rings. The summed E-state index contributed by atoms with van der Waals surface area (Å²) >= 11 is 0. The maximum absolute atomic E-state index is 13.9. The molecule has 1 saturated carbocycles. The fraction of sp³-hybridized carbons (Fsp3) is 0.433. The Morgan fingerprint density at radius 3 is 2.05 bits per heavy atom. The average Bonchev–Trinajstić information content (AvgIpc) is 3.47. The van der Waals surface area contributed by atoms with E-state index >= 15 is 0 Å². The van der Waals surface area contributed by atoms with Crippen molar-refractivity contribution in [1.82, 2.24) is 15.1 Å². The Hall–Kier alpha value is -4.41. The normalized spacial score (nSPS) is 17.6. The number of para-hydroxylation sites is 1. The van der Waals surface area contributed by atoms with Crippen LogP contribution >= 0.6 is 0 Å². The zero-order valence-corrected chi connectivity index (χ0v) is 23.6. The Balaban J connectivity index is 1.50. The summed E-state index contributed by atoms with van der Waals surface area (Å²) in [6.07, 6.45) is 2.32. The van der Waals surface area contributed by atoms with Gasteiger partial charge >= 0.3 is 18.0 Å². The predicted octanol–water partition coefficient (Wildman–Crippen LogP) is 4.41. The van der Waals surface area contributed by atoms with Crippen LogP contribution in [0.3, 0.4) is 0 Å². The minimum atomic E-state index is -1.07. The number of urea groups is 2. The van der Waals surface area contributed by atoms with Crippen LogP contribution in [-0.4, -0.2) is 62.4 Å².